The predicted octanol–water partition coefficient (Wildman–Crippen LogP) is 2.75. The van der Waals surface area contributed by atoms with Gasteiger partial charge in [-0.05, 0) is 31.9 Å². The fraction of sp³-hybridized carbons (Fsp3) is 0.526. The molecule has 0 saturated heterocycles. The first-order valence-electron chi connectivity index (χ1n) is 9.02. The second-order valence-electron chi connectivity index (χ2n) is 6.74. The number of aromatic nitrogens is 2. The van der Waals surface area contributed by atoms with E-state index < -0.39 is 0 Å². The van der Waals surface area contributed by atoms with Gasteiger partial charge in [-0.25, -0.2) is 4.98 Å². The molecule has 1 atom stereocenters. The van der Waals surface area contributed by atoms with Gasteiger partial charge in [0.2, 0.25) is 5.91 Å². The lowest BCUT2D eigenvalue weighted by molar-refractivity contribution is -0.119. The number of hydrogen-bond acceptors (Lipinski definition) is 5. The molecule has 26 heavy (non-hydrogen) atoms. The lowest BCUT2D eigenvalue weighted by Gasteiger charge is -2.19. The molecule has 0 bridgehead atoms. The van der Waals surface area contributed by atoms with Crippen LogP contribution in [-0.2, 0) is 9.53 Å². The van der Waals surface area contributed by atoms with Gasteiger partial charge >= 0.3 is 0 Å². The van der Waals surface area contributed by atoms with Gasteiger partial charge in [-0.2, -0.15) is 0 Å². The normalized spacial score (nSPS) is 16.1. The van der Waals surface area contributed by atoms with E-state index >= 15 is 0 Å². The van der Waals surface area contributed by atoms with Crippen LogP contribution in [0.1, 0.15) is 38.6 Å². The first-order chi connectivity index (χ1) is 12.6. The summed E-state index contributed by atoms with van der Waals surface area (Å²) in [5.74, 6) is 0.144. The summed E-state index contributed by atoms with van der Waals surface area (Å²) in [6, 6.07) is 7.54. The van der Waals surface area contributed by atoms with Crippen LogP contribution in [0.3, 0.4) is 0 Å². The zero-order valence-electron chi connectivity index (χ0n) is 15.2. The molecule has 1 saturated carbocycles. The third-order valence-corrected chi connectivity index (χ3v) is 5.57. The number of ether oxygens (including phenoxy) is 1. The first kappa shape index (κ1) is 18.9. The molecule has 0 aliphatic heterocycles. The Morgan fingerprint density at radius 1 is 1.38 bits per heavy atom. The molecule has 3 rings (SSSR count). The number of fused-ring (bicyclic) bond motifs is 1. The highest BCUT2D eigenvalue weighted by Crippen LogP contribution is 2.32. The van der Waals surface area contributed by atoms with Crippen LogP contribution in [0.4, 0.5) is 0 Å². The quantitative estimate of drug-likeness (QED) is 0.595. The smallest absolute Gasteiger partial charge is 0.262 e. The monoisotopic (exact) mass is 375 g/mol. The highest BCUT2D eigenvalue weighted by Gasteiger charge is 2.23. The number of nitrogens with zero attached hydrogens (tertiary/aromatic N) is 2. The average Bonchev–Trinajstić information content (AvgIpc) is 3.14. The van der Waals surface area contributed by atoms with Crippen LogP contribution in [0.2, 0.25) is 0 Å². The van der Waals surface area contributed by atoms with E-state index in [1.807, 2.05) is 35.8 Å². The van der Waals surface area contributed by atoms with Crippen LogP contribution in [0.25, 0.3) is 10.9 Å². The van der Waals surface area contributed by atoms with Gasteiger partial charge in [0.1, 0.15) is 0 Å². The number of rotatable bonds is 7. The number of para-hydroxylation sites is 1. The minimum atomic E-state index is -0.0834. The first-order valence-corrected chi connectivity index (χ1v) is 10.0. The van der Waals surface area contributed by atoms with E-state index in [0.717, 1.165) is 25.7 Å². The topological polar surface area (TPSA) is 73.2 Å². The van der Waals surface area contributed by atoms with Crippen molar-refractivity contribution in [2.75, 3.05) is 19.5 Å². The molecule has 1 aliphatic carbocycles. The van der Waals surface area contributed by atoms with Crippen molar-refractivity contribution in [3.05, 3.63) is 34.6 Å². The molecule has 7 heteroatoms. The van der Waals surface area contributed by atoms with Crippen molar-refractivity contribution in [1.29, 1.82) is 0 Å². The standard InChI is InChI=1S/C19H25N3O3S/c1-13(11-25-2)20-17(23)12-26-19-21-16-10-6-5-9-15(16)18(24)22(19)14-7-3-4-8-14/h5-6,9-10,13-14H,3-4,7-8,11-12H2,1-2H3,(H,20,23). The Morgan fingerprint density at radius 2 is 2.12 bits per heavy atom. The Morgan fingerprint density at radius 3 is 2.85 bits per heavy atom. The molecule has 0 spiro atoms. The lowest BCUT2D eigenvalue weighted by atomic mass is 10.2. The second-order valence-corrected chi connectivity index (χ2v) is 7.68. The zero-order chi connectivity index (χ0) is 18.5. The minimum Gasteiger partial charge on any atom is -0.383 e. The summed E-state index contributed by atoms with van der Waals surface area (Å²) in [5.41, 5.74) is 0.681. The molecule has 1 N–H and O–H groups in total. The van der Waals surface area contributed by atoms with Crippen molar-refractivity contribution in [3.63, 3.8) is 0 Å². The fourth-order valence-corrected chi connectivity index (χ4v) is 4.33. The number of amides is 1. The van der Waals surface area contributed by atoms with Crippen LogP contribution in [-0.4, -0.2) is 41.0 Å². The summed E-state index contributed by atoms with van der Waals surface area (Å²) in [7, 11) is 1.61. The molecule has 0 radical (unpaired) electrons. The van der Waals surface area contributed by atoms with E-state index in [1.165, 1.54) is 11.8 Å². The largest absolute Gasteiger partial charge is 0.383 e. The summed E-state index contributed by atoms with van der Waals surface area (Å²) >= 11 is 1.33. The van der Waals surface area contributed by atoms with Crippen molar-refractivity contribution in [3.8, 4) is 0 Å². The summed E-state index contributed by atoms with van der Waals surface area (Å²) in [6.07, 6.45) is 4.24. The summed E-state index contributed by atoms with van der Waals surface area (Å²) in [4.78, 5) is 29.9. The summed E-state index contributed by atoms with van der Waals surface area (Å²) in [5, 5.41) is 4.17. The molecule has 1 amide bonds. The summed E-state index contributed by atoms with van der Waals surface area (Å²) in [6.45, 7) is 2.37. The van der Waals surface area contributed by atoms with E-state index in [-0.39, 0.29) is 29.3 Å². The van der Waals surface area contributed by atoms with E-state index in [0.29, 0.717) is 22.7 Å². The molecule has 6 nitrogen and oxygen atoms in total. The Bertz CT molecular complexity index is 830. The van der Waals surface area contributed by atoms with Gasteiger partial charge in [-0.1, -0.05) is 36.7 Å². The SMILES string of the molecule is COCC(C)NC(=O)CSc1nc2ccccc2c(=O)n1C1CCCC1. The zero-order valence-corrected chi connectivity index (χ0v) is 16.1. The van der Waals surface area contributed by atoms with Crippen molar-refractivity contribution in [1.82, 2.24) is 14.9 Å². The number of methoxy groups -OCH3 is 1. The van der Waals surface area contributed by atoms with Gasteiger partial charge in [0.05, 0.1) is 23.3 Å². The number of thioether (sulfide) groups is 1. The van der Waals surface area contributed by atoms with Crippen LogP contribution in [0, 0.1) is 0 Å². The third kappa shape index (κ3) is 4.27. The van der Waals surface area contributed by atoms with Gasteiger partial charge in [-0.15, -0.1) is 0 Å². The van der Waals surface area contributed by atoms with Crippen LogP contribution < -0.4 is 10.9 Å². The molecule has 1 aliphatic rings. The van der Waals surface area contributed by atoms with E-state index in [2.05, 4.69) is 10.3 Å². The maximum atomic E-state index is 13.0. The molecule has 1 heterocycles. The van der Waals surface area contributed by atoms with Crippen molar-refractivity contribution in [2.45, 2.75) is 49.8 Å². The number of carbonyl (C=O) groups excluding carboxylic acids is 1. The van der Waals surface area contributed by atoms with Gasteiger partial charge in [-0.3, -0.25) is 14.2 Å². The molecule has 1 aromatic heterocycles. The number of carbonyl (C=O) groups is 1. The molecular formula is C19H25N3O3S. The summed E-state index contributed by atoms with van der Waals surface area (Å²) < 4.78 is 6.85. The molecular weight excluding hydrogens is 350 g/mol. The third-order valence-electron chi connectivity index (χ3n) is 4.62. The van der Waals surface area contributed by atoms with Gasteiger partial charge < -0.3 is 10.1 Å². The Balaban J connectivity index is 1.85. The Hall–Kier alpha value is -1.86. The highest BCUT2D eigenvalue weighted by molar-refractivity contribution is 7.99. The number of benzene rings is 1. The van der Waals surface area contributed by atoms with Gasteiger partial charge in [0, 0.05) is 19.2 Å². The van der Waals surface area contributed by atoms with Crippen molar-refractivity contribution >= 4 is 28.6 Å². The fourth-order valence-electron chi connectivity index (χ4n) is 3.45. The van der Waals surface area contributed by atoms with Crippen molar-refractivity contribution in [2.24, 2.45) is 0 Å². The molecule has 2 aromatic rings. The lowest BCUT2D eigenvalue weighted by Crippen LogP contribution is -2.37. The van der Waals surface area contributed by atoms with Crippen LogP contribution in [0.5, 0.6) is 0 Å². The van der Waals surface area contributed by atoms with E-state index in [9.17, 15) is 9.59 Å². The maximum Gasteiger partial charge on any atom is 0.262 e. The minimum absolute atomic E-state index is 0.00170. The van der Waals surface area contributed by atoms with Crippen LogP contribution >= 0.6 is 11.8 Å². The van der Waals surface area contributed by atoms with Crippen LogP contribution in [0.15, 0.2) is 34.2 Å². The predicted molar refractivity (Wildman–Crippen MR) is 104 cm³/mol. The second kappa shape index (κ2) is 8.68. The van der Waals surface area contributed by atoms with E-state index in [4.69, 9.17) is 4.74 Å². The maximum absolute atomic E-state index is 13.0. The molecule has 1 unspecified atom stereocenters. The molecule has 1 aromatic carbocycles. The number of nitrogens with one attached hydrogen (secondary N) is 1. The molecule has 140 valence electrons. The number of hydrogen-bond donors (Lipinski definition) is 1. The molecule has 1 fully saturated rings. The van der Waals surface area contributed by atoms with Gasteiger partial charge in [0.15, 0.2) is 5.16 Å². The Kier molecular flexibility index (Phi) is 6.32. The average molecular weight is 375 g/mol. The van der Waals surface area contributed by atoms with E-state index in [1.54, 1.807) is 7.11 Å². The van der Waals surface area contributed by atoms with Crippen molar-refractivity contribution < 1.29 is 9.53 Å². The highest BCUT2D eigenvalue weighted by atomic mass is 32.2. The Labute approximate surface area is 157 Å². The van der Waals surface area contributed by atoms with Gasteiger partial charge in [0.25, 0.3) is 5.56 Å².